The van der Waals surface area contributed by atoms with Crippen LogP contribution in [0.25, 0.3) is 0 Å². The van der Waals surface area contributed by atoms with Gasteiger partial charge in [0.2, 0.25) is 0 Å². The summed E-state index contributed by atoms with van der Waals surface area (Å²) in [6, 6.07) is 19.4. The average molecular weight is 455 g/mol. The number of benzene rings is 3. The predicted molar refractivity (Wildman–Crippen MR) is 123 cm³/mol. The van der Waals surface area contributed by atoms with Gasteiger partial charge in [0.1, 0.15) is 5.56 Å². The van der Waals surface area contributed by atoms with Crippen LogP contribution in [0.1, 0.15) is 22.3 Å². The van der Waals surface area contributed by atoms with Gasteiger partial charge in [-0.3, -0.25) is 10.1 Å². The summed E-state index contributed by atoms with van der Waals surface area (Å²) in [7, 11) is 0. The van der Waals surface area contributed by atoms with Crippen LogP contribution in [0.5, 0.6) is 0 Å². The molecule has 8 heteroatoms. The van der Waals surface area contributed by atoms with E-state index in [2.05, 4.69) is 41.0 Å². The molecule has 0 amide bonds. The molecule has 1 aliphatic heterocycles. The second-order valence-electron chi connectivity index (χ2n) is 8.26. The van der Waals surface area contributed by atoms with Crippen LogP contribution in [0, 0.1) is 17.0 Å². The second kappa shape index (κ2) is 9.13. The van der Waals surface area contributed by atoms with Crippen molar-refractivity contribution in [1.29, 1.82) is 0 Å². The molecule has 0 bridgehead atoms. The lowest BCUT2D eigenvalue weighted by molar-refractivity contribution is -0.388. The van der Waals surface area contributed by atoms with Crippen LogP contribution in [-0.4, -0.2) is 31.1 Å². The van der Waals surface area contributed by atoms with Gasteiger partial charge in [0.05, 0.1) is 4.92 Å². The van der Waals surface area contributed by atoms with E-state index in [0.29, 0.717) is 5.56 Å². The lowest BCUT2D eigenvalue weighted by Crippen LogP contribution is -2.46. The summed E-state index contributed by atoms with van der Waals surface area (Å²) >= 11 is 0. The quantitative estimate of drug-likeness (QED) is 0.358. The number of halogens is 3. The number of nitro benzene ring substituents is 1. The van der Waals surface area contributed by atoms with Crippen LogP contribution in [0.3, 0.4) is 0 Å². The smallest absolute Gasteiger partial charge is 0.368 e. The number of hydrogen-bond donors (Lipinski definition) is 0. The molecule has 33 heavy (non-hydrogen) atoms. The first-order valence-electron chi connectivity index (χ1n) is 10.7. The van der Waals surface area contributed by atoms with Gasteiger partial charge in [-0.05, 0) is 54.8 Å². The number of piperazine rings is 1. The monoisotopic (exact) mass is 455 g/mol. The summed E-state index contributed by atoms with van der Waals surface area (Å²) in [4.78, 5) is 14.6. The largest absolute Gasteiger partial charge is 0.423 e. The van der Waals surface area contributed by atoms with Crippen molar-refractivity contribution in [2.45, 2.75) is 19.5 Å². The second-order valence-corrected chi connectivity index (χ2v) is 8.26. The Kier molecular flexibility index (Phi) is 6.26. The highest BCUT2D eigenvalue weighted by atomic mass is 19.4. The topological polar surface area (TPSA) is 49.6 Å². The van der Waals surface area contributed by atoms with Crippen LogP contribution < -0.4 is 9.80 Å². The fourth-order valence-electron chi connectivity index (χ4n) is 4.16. The zero-order valence-corrected chi connectivity index (χ0v) is 18.2. The number of anilines is 2. The Hall–Kier alpha value is -3.55. The predicted octanol–water partition coefficient (Wildman–Crippen LogP) is 5.84. The van der Waals surface area contributed by atoms with Crippen molar-refractivity contribution in [1.82, 2.24) is 0 Å². The van der Waals surface area contributed by atoms with E-state index in [1.165, 1.54) is 17.3 Å². The molecule has 3 aromatic rings. The summed E-state index contributed by atoms with van der Waals surface area (Å²) in [6.45, 7) is 5.50. The normalized spacial score (nSPS) is 14.4. The molecule has 1 aliphatic rings. The van der Waals surface area contributed by atoms with Gasteiger partial charge in [-0.2, -0.15) is 13.2 Å². The fourth-order valence-corrected chi connectivity index (χ4v) is 4.16. The molecule has 0 saturated carbocycles. The summed E-state index contributed by atoms with van der Waals surface area (Å²) in [5.41, 5.74) is 2.55. The molecule has 0 unspecified atom stereocenters. The Morgan fingerprint density at radius 1 is 0.848 bits per heavy atom. The molecule has 0 radical (unpaired) electrons. The minimum Gasteiger partial charge on any atom is -0.368 e. The lowest BCUT2D eigenvalue weighted by atomic mass is 10.0. The molecule has 0 N–H and O–H groups in total. The average Bonchev–Trinajstić information content (AvgIpc) is 2.79. The first kappa shape index (κ1) is 22.6. The van der Waals surface area contributed by atoms with Gasteiger partial charge in [0.15, 0.2) is 0 Å². The molecule has 0 atom stereocenters. The Bertz CT molecular complexity index is 1140. The zero-order valence-electron chi connectivity index (χ0n) is 18.2. The van der Waals surface area contributed by atoms with Crippen molar-refractivity contribution in [3.63, 3.8) is 0 Å². The number of hydrogen-bond acceptors (Lipinski definition) is 4. The van der Waals surface area contributed by atoms with E-state index in [4.69, 9.17) is 0 Å². The molecule has 1 fully saturated rings. The Morgan fingerprint density at radius 3 is 2.06 bits per heavy atom. The summed E-state index contributed by atoms with van der Waals surface area (Å²) < 4.78 is 39.9. The molecular weight excluding hydrogens is 431 g/mol. The van der Waals surface area contributed by atoms with Gasteiger partial charge in [0.25, 0.3) is 5.69 Å². The molecule has 4 rings (SSSR count). The van der Waals surface area contributed by atoms with Crippen LogP contribution in [0.4, 0.5) is 30.2 Å². The van der Waals surface area contributed by atoms with E-state index in [9.17, 15) is 23.3 Å². The Labute approximate surface area is 190 Å². The van der Waals surface area contributed by atoms with Crippen molar-refractivity contribution in [2.75, 3.05) is 36.0 Å². The maximum atomic E-state index is 13.3. The van der Waals surface area contributed by atoms with E-state index in [-0.39, 0.29) is 6.42 Å². The SMILES string of the molecule is Cc1ccc(N2CCN(c3cccc(Cc4ccc([N+](=O)[O-])c(C(F)(F)F)c4)c3)CC2)cc1. The number of nitrogens with zero attached hydrogens (tertiary/aromatic N) is 3. The maximum Gasteiger partial charge on any atom is 0.423 e. The molecule has 0 spiro atoms. The minimum atomic E-state index is -4.78. The van der Waals surface area contributed by atoms with E-state index in [0.717, 1.165) is 49.6 Å². The third-order valence-electron chi connectivity index (χ3n) is 5.93. The van der Waals surface area contributed by atoms with Crippen LogP contribution >= 0.6 is 0 Å². The molecular formula is C25H24F3N3O2. The summed E-state index contributed by atoms with van der Waals surface area (Å²) in [6.07, 6.45) is -4.52. The zero-order chi connectivity index (χ0) is 23.6. The van der Waals surface area contributed by atoms with Gasteiger partial charge >= 0.3 is 6.18 Å². The maximum absolute atomic E-state index is 13.3. The first-order valence-corrected chi connectivity index (χ1v) is 10.7. The fraction of sp³-hybridized carbons (Fsp3) is 0.280. The first-order chi connectivity index (χ1) is 15.7. The Balaban J connectivity index is 1.47. The van der Waals surface area contributed by atoms with Crippen LogP contribution in [0.15, 0.2) is 66.7 Å². The molecule has 5 nitrogen and oxygen atoms in total. The van der Waals surface area contributed by atoms with Crippen LogP contribution in [-0.2, 0) is 12.6 Å². The van der Waals surface area contributed by atoms with Gasteiger partial charge in [-0.15, -0.1) is 0 Å². The molecule has 0 aliphatic carbocycles. The highest BCUT2D eigenvalue weighted by Gasteiger charge is 2.38. The summed E-state index contributed by atoms with van der Waals surface area (Å²) in [5.74, 6) is 0. The van der Waals surface area contributed by atoms with Crippen molar-refractivity contribution in [3.05, 3.63) is 99.1 Å². The third kappa shape index (κ3) is 5.27. The standard InChI is InChI=1S/C25H24F3N3O2/c1-18-5-8-21(9-6-18)29-11-13-30(14-12-29)22-4-2-3-19(16-22)15-20-7-10-24(31(32)33)23(17-20)25(26,27)28/h2-10,16-17H,11-15H2,1H3. The molecule has 0 aromatic heterocycles. The van der Waals surface area contributed by atoms with Crippen molar-refractivity contribution in [3.8, 4) is 0 Å². The van der Waals surface area contributed by atoms with Crippen molar-refractivity contribution >= 4 is 17.1 Å². The third-order valence-corrected chi connectivity index (χ3v) is 5.93. The van der Waals surface area contributed by atoms with Gasteiger partial charge < -0.3 is 9.80 Å². The van der Waals surface area contributed by atoms with Crippen molar-refractivity contribution in [2.24, 2.45) is 0 Å². The number of rotatable bonds is 5. The molecule has 172 valence electrons. The van der Waals surface area contributed by atoms with E-state index < -0.39 is 22.4 Å². The van der Waals surface area contributed by atoms with Crippen molar-refractivity contribution < 1.29 is 18.1 Å². The highest BCUT2D eigenvalue weighted by Crippen LogP contribution is 2.37. The van der Waals surface area contributed by atoms with Gasteiger partial charge in [-0.25, -0.2) is 0 Å². The van der Waals surface area contributed by atoms with E-state index in [1.54, 1.807) is 0 Å². The van der Waals surface area contributed by atoms with Crippen LogP contribution in [0.2, 0.25) is 0 Å². The minimum absolute atomic E-state index is 0.262. The highest BCUT2D eigenvalue weighted by molar-refractivity contribution is 5.54. The molecule has 1 saturated heterocycles. The molecule has 3 aromatic carbocycles. The Morgan fingerprint density at radius 2 is 1.45 bits per heavy atom. The van der Waals surface area contributed by atoms with Gasteiger partial charge in [-0.1, -0.05) is 35.9 Å². The van der Waals surface area contributed by atoms with Gasteiger partial charge in [0, 0.05) is 43.6 Å². The summed E-state index contributed by atoms with van der Waals surface area (Å²) in [5, 5.41) is 11.0. The lowest BCUT2D eigenvalue weighted by Gasteiger charge is -2.37. The van der Waals surface area contributed by atoms with E-state index in [1.807, 2.05) is 24.3 Å². The molecule has 1 heterocycles. The number of aryl methyl sites for hydroxylation is 1. The number of alkyl halides is 3. The number of nitro groups is 1. The van der Waals surface area contributed by atoms with E-state index >= 15 is 0 Å².